The number of hydrogen-bond donors (Lipinski definition) is 2. The number of rotatable bonds is 7. The highest BCUT2D eigenvalue weighted by Gasteiger charge is 2.27. The Morgan fingerprint density at radius 1 is 1.17 bits per heavy atom. The average molecular weight is 489 g/mol. The minimum Gasteiger partial charge on any atom is -0.449 e. The lowest BCUT2D eigenvalue weighted by atomic mass is 9.86. The number of carbonyl (C=O) groups excluding carboxylic acids is 2. The van der Waals surface area contributed by atoms with Gasteiger partial charge in [0.05, 0.1) is 10.5 Å². The van der Waals surface area contributed by atoms with E-state index in [4.69, 9.17) is 4.74 Å². The number of esters is 1. The minimum absolute atomic E-state index is 0.0438. The third-order valence-corrected chi connectivity index (χ3v) is 7.30. The van der Waals surface area contributed by atoms with Crippen LogP contribution in [-0.4, -0.2) is 38.5 Å². The number of amides is 1. The van der Waals surface area contributed by atoms with Crippen molar-refractivity contribution in [3.05, 3.63) is 28.2 Å². The van der Waals surface area contributed by atoms with Crippen LogP contribution in [0.5, 0.6) is 0 Å². The summed E-state index contributed by atoms with van der Waals surface area (Å²) in [5.41, 5.74) is 0.0438. The summed E-state index contributed by atoms with van der Waals surface area (Å²) in [5, 5.41) is 2.96. The van der Waals surface area contributed by atoms with Gasteiger partial charge in [0.2, 0.25) is 10.0 Å². The predicted octanol–water partition coefficient (Wildman–Crippen LogP) is 3.38. The first-order valence-electron chi connectivity index (χ1n) is 9.84. The first-order valence-corrected chi connectivity index (χ1v) is 12.1. The Labute approximate surface area is 181 Å². The molecule has 0 aliphatic heterocycles. The van der Waals surface area contributed by atoms with E-state index in [-0.39, 0.29) is 28.4 Å². The zero-order chi connectivity index (χ0) is 21.8. The highest BCUT2D eigenvalue weighted by Crippen LogP contribution is 2.25. The van der Waals surface area contributed by atoms with Gasteiger partial charge in [-0.2, -0.15) is 0 Å². The molecule has 1 fully saturated rings. The summed E-state index contributed by atoms with van der Waals surface area (Å²) in [6.07, 6.45) is 3.23. The second-order valence-electron chi connectivity index (χ2n) is 7.84. The zero-order valence-corrected chi connectivity index (χ0v) is 19.6. The van der Waals surface area contributed by atoms with Crippen molar-refractivity contribution < 1.29 is 22.7 Å². The van der Waals surface area contributed by atoms with Crippen LogP contribution in [0.2, 0.25) is 0 Å². The Morgan fingerprint density at radius 3 is 2.45 bits per heavy atom. The lowest BCUT2D eigenvalue weighted by molar-refractivity contribution is -0.130. The van der Waals surface area contributed by atoms with Gasteiger partial charge in [-0.3, -0.25) is 4.79 Å². The van der Waals surface area contributed by atoms with Gasteiger partial charge in [-0.15, -0.1) is 0 Å². The average Bonchev–Trinajstić information content (AvgIpc) is 2.62. The molecule has 1 aliphatic rings. The van der Waals surface area contributed by atoms with Crippen LogP contribution in [0.4, 0.5) is 0 Å². The van der Waals surface area contributed by atoms with E-state index in [1.54, 1.807) is 13.8 Å². The molecule has 1 saturated carbocycles. The molecule has 1 aromatic rings. The van der Waals surface area contributed by atoms with Gasteiger partial charge >= 0.3 is 5.97 Å². The lowest BCUT2D eigenvalue weighted by Gasteiger charge is -2.30. The molecule has 0 spiro atoms. The van der Waals surface area contributed by atoms with Crippen LogP contribution in [0.3, 0.4) is 0 Å². The Kier molecular flexibility index (Phi) is 8.25. The maximum atomic E-state index is 12.6. The van der Waals surface area contributed by atoms with Crippen LogP contribution in [0.1, 0.15) is 63.7 Å². The highest BCUT2D eigenvalue weighted by molar-refractivity contribution is 9.10. The fraction of sp³-hybridized carbons (Fsp3) is 0.600. The molecule has 0 saturated heterocycles. The Hall–Kier alpha value is -1.45. The molecule has 7 nitrogen and oxygen atoms in total. The molecular weight excluding hydrogens is 460 g/mol. The van der Waals surface area contributed by atoms with E-state index in [0.717, 1.165) is 25.7 Å². The molecule has 0 radical (unpaired) electrons. The number of halogens is 1. The van der Waals surface area contributed by atoms with Gasteiger partial charge in [0.1, 0.15) is 0 Å². The minimum atomic E-state index is -3.76. The van der Waals surface area contributed by atoms with Crippen LogP contribution in [0.15, 0.2) is 27.6 Å². The first-order chi connectivity index (χ1) is 13.5. The molecule has 0 bridgehead atoms. The molecule has 0 heterocycles. The van der Waals surface area contributed by atoms with Gasteiger partial charge in [-0.25, -0.2) is 17.9 Å². The summed E-state index contributed by atoms with van der Waals surface area (Å²) in [6.45, 7) is 7.03. The van der Waals surface area contributed by atoms with E-state index in [1.165, 1.54) is 25.1 Å². The monoisotopic (exact) mass is 488 g/mol. The van der Waals surface area contributed by atoms with Gasteiger partial charge in [0.15, 0.2) is 6.10 Å². The number of benzene rings is 1. The molecule has 9 heteroatoms. The maximum Gasteiger partial charge on any atom is 0.340 e. The van der Waals surface area contributed by atoms with Gasteiger partial charge in [-0.1, -0.05) is 19.8 Å². The van der Waals surface area contributed by atoms with Crippen molar-refractivity contribution >= 4 is 37.8 Å². The third kappa shape index (κ3) is 6.52. The number of ether oxygens (including phenoxy) is 1. The van der Waals surface area contributed by atoms with Crippen molar-refractivity contribution in [2.45, 2.75) is 76.5 Å². The quantitative estimate of drug-likeness (QED) is 0.572. The number of carbonyl (C=O) groups is 2. The summed E-state index contributed by atoms with van der Waals surface area (Å²) in [6, 6.07) is 3.90. The molecule has 0 aromatic heterocycles. The lowest BCUT2D eigenvalue weighted by Crippen LogP contribution is -2.46. The van der Waals surface area contributed by atoms with Gasteiger partial charge in [-0.05, 0) is 73.7 Å². The van der Waals surface area contributed by atoms with Crippen LogP contribution in [0, 0.1) is 5.92 Å². The molecule has 162 valence electrons. The highest BCUT2D eigenvalue weighted by atomic mass is 79.9. The molecular formula is C20H29BrN2O5S. The SMILES string of the molecule is CC(C)NS(=O)(=O)c1ccc(Br)c(C(=O)O[C@H](C)C(=O)N[C@H]2CCCC[C@H]2C)c1. The third-order valence-electron chi connectivity index (χ3n) is 4.95. The number of nitrogens with one attached hydrogen (secondary N) is 2. The molecule has 3 atom stereocenters. The van der Waals surface area contributed by atoms with E-state index in [1.807, 2.05) is 0 Å². The Morgan fingerprint density at radius 2 is 1.83 bits per heavy atom. The summed E-state index contributed by atoms with van der Waals surface area (Å²) in [7, 11) is -3.76. The van der Waals surface area contributed by atoms with Crippen molar-refractivity contribution in [3.8, 4) is 0 Å². The van der Waals surface area contributed by atoms with Crippen LogP contribution in [0.25, 0.3) is 0 Å². The van der Waals surface area contributed by atoms with Crippen LogP contribution >= 0.6 is 15.9 Å². The Bertz CT molecular complexity index is 856. The molecule has 2 rings (SSSR count). The van der Waals surface area contributed by atoms with E-state index < -0.39 is 22.1 Å². The van der Waals surface area contributed by atoms with Crippen molar-refractivity contribution in [2.24, 2.45) is 5.92 Å². The predicted molar refractivity (Wildman–Crippen MR) is 114 cm³/mol. The second kappa shape index (κ2) is 10.0. The van der Waals surface area contributed by atoms with E-state index in [9.17, 15) is 18.0 Å². The van der Waals surface area contributed by atoms with Gasteiger partial charge in [0, 0.05) is 16.6 Å². The summed E-state index contributed by atoms with van der Waals surface area (Å²) < 4.78 is 32.9. The summed E-state index contributed by atoms with van der Waals surface area (Å²) in [4.78, 5) is 25.0. The first kappa shape index (κ1) is 23.8. The van der Waals surface area contributed by atoms with Gasteiger partial charge < -0.3 is 10.1 Å². The van der Waals surface area contributed by atoms with Crippen LogP contribution in [-0.2, 0) is 19.6 Å². The maximum absolute atomic E-state index is 12.6. The standard InChI is InChI=1S/C20H29BrN2O5S/c1-12(2)23-29(26,27)15-9-10-17(21)16(11-15)20(25)28-14(4)19(24)22-18-8-6-5-7-13(18)3/h9-14,18,23H,5-8H2,1-4H3,(H,22,24)/t13-,14-,18+/m1/s1. The van der Waals surface area contributed by atoms with E-state index in [2.05, 4.69) is 32.9 Å². The normalized spacial score (nSPS) is 20.9. The molecule has 29 heavy (non-hydrogen) atoms. The topological polar surface area (TPSA) is 102 Å². The van der Waals surface area contributed by atoms with Crippen molar-refractivity contribution in [1.82, 2.24) is 10.0 Å². The molecule has 1 amide bonds. The number of hydrogen-bond acceptors (Lipinski definition) is 5. The Balaban J connectivity index is 2.09. The van der Waals surface area contributed by atoms with Gasteiger partial charge in [0.25, 0.3) is 5.91 Å². The van der Waals surface area contributed by atoms with Crippen molar-refractivity contribution in [1.29, 1.82) is 0 Å². The molecule has 2 N–H and O–H groups in total. The second-order valence-corrected chi connectivity index (χ2v) is 10.4. The smallest absolute Gasteiger partial charge is 0.340 e. The van der Waals surface area contributed by atoms with Crippen molar-refractivity contribution in [2.75, 3.05) is 0 Å². The molecule has 0 unspecified atom stereocenters. The molecule has 1 aromatic carbocycles. The molecule has 1 aliphatic carbocycles. The largest absolute Gasteiger partial charge is 0.449 e. The van der Waals surface area contributed by atoms with E-state index in [0.29, 0.717) is 10.4 Å². The fourth-order valence-corrected chi connectivity index (χ4v) is 5.00. The number of sulfonamides is 1. The van der Waals surface area contributed by atoms with Crippen LogP contribution < -0.4 is 10.0 Å². The van der Waals surface area contributed by atoms with E-state index >= 15 is 0 Å². The van der Waals surface area contributed by atoms with Crippen molar-refractivity contribution in [3.63, 3.8) is 0 Å². The fourth-order valence-electron chi connectivity index (χ4n) is 3.31. The zero-order valence-electron chi connectivity index (χ0n) is 17.2. The summed E-state index contributed by atoms with van der Waals surface area (Å²) >= 11 is 3.25. The summed E-state index contributed by atoms with van der Waals surface area (Å²) in [5.74, 6) is -0.726.